The number of hydrogen-bond donors (Lipinski definition) is 1. The predicted molar refractivity (Wildman–Crippen MR) is 87.4 cm³/mol. The molecule has 0 aliphatic heterocycles. The molecule has 1 saturated carbocycles. The van der Waals surface area contributed by atoms with Crippen LogP contribution in [0.4, 0.5) is 0 Å². The van der Waals surface area contributed by atoms with Crippen LogP contribution in [0.25, 0.3) is 0 Å². The van der Waals surface area contributed by atoms with Gasteiger partial charge in [-0.3, -0.25) is 4.90 Å². The number of benzene rings is 1. The van der Waals surface area contributed by atoms with Crippen molar-refractivity contribution >= 4 is 23.2 Å². The summed E-state index contributed by atoms with van der Waals surface area (Å²) in [6, 6.07) is 6.50. The average Bonchev–Trinajstić information content (AvgIpc) is 3.22. The van der Waals surface area contributed by atoms with Crippen LogP contribution in [0.1, 0.15) is 44.7 Å². The zero-order chi connectivity index (χ0) is 14.7. The summed E-state index contributed by atoms with van der Waals surface area (Å²) in [6.07, 6.45) is 3.73. The lowest BCUT2D eigenvalue weighted by molar-refractivity contribution is 0.181. The van der Waals surface area contributed by atoms with Crippen molar-refractivity contribution in [2.75, 3.05) is 13.1 Å². The highest BCUT2D eigenvalue weighted by Gasteiger charge is 2.34. The van der Waals surface area contributed by atoms with Crippen LogP contribution >= 0.6 is 23.2 Å². The Labute approximate surface area is 132 Å². The summed E-state index contributed by atoms with van der Waals surface area (Å²) in [4.78, 5) is 2.53. The number of hydrogen-bond acceptors (Lipinski definition) is 2. The van der Waals surface area contributed by atoms with E-state index in [9.17, 15) is 0 Å². The molecule has 0 heterocycles. The monoisotopic (exact) mass is 314 g/mol. The minimum absolute atomic E-state index is 0.174. The third-order valence-electron chi connectivity index (χ3n) is 3.92. The molecule has 0 spiro atoms. The van der Waals surface area contributed by atoms with Crippen LogP contribution in [0.15, 0.2) is 18.2 Å². The molecule has 1 fully saturated rings. The van der Waals surface area contributed by atoms with E-state index >= 15 is 0 Å². The molecular formula is C16H24Cl2N2. The van der Waals surface area contributed by atoms with Crippen LogP contribution in [-0.2, 0) is 0 Å². The Hall–Kier alpha value is -0.280. The fraction of sp³-hybridized carbons (Fsp3) is 0.625. The quantitative estimate of drug-likeness (QED) is 0.802. The summed E-state index contributed by atoms with van der Waals surface area (Å²) in [5.41, 5.74) is 7.12. The minimum atomic E-state index is 0.174. The largest absolute Gasteiger partial charge is 0.329 e. The van der Waals surface area contributed by atoms with Crippen molar-refractivity contribution < 1.29 is 0 Å². The summed E-state index contributed by atoms with van der Waals surface area (Å²) in [5.74, 6) is 0.699. The second-order valence-electron chi connectivity index (χ2n) is 6.07. The van der Waals surface area contributed by atoms with Crippen molar-refractivity contribution in [3.05, 3.63) is 33.8 Å². The van der Waals surface area contributed by atoms with E-state index in [4.69, 9.17) is 28.9 Å². The van der Waals surface area contributed by atoms with E-state index in [0.717, 1.165) is 22.2 Å². The van der Waals surface area contributed by atoms with Gasteiger partial charge in [0.15, 0.2) is 0 Å². The maximum Gasteiger partial charge on any atom is 0.0488 e. The van der Waals surface area contributed by atoms with Crippen molar-refractivity contribution in [3.8, 4) is 0 Å². The molecule has 1 aliphatic carbocycles. The van der Waals surface area contributed by atoms with Gasteiger partial charge in [0.05, 0.1) is 0 Å². The zero-order valence-corrected chi connectivity index (χ0v) is 13.8. The van der Waals surface area contributed by atoms with Crippen molar-refractivity contribution in [1.82, 2.24) is 4.90 Å². The molecule has 0 radical (unpaired) electrons. The van der Waals surface area contributed by atoms with Gasteiger partial charge in [-0.2, -0.15) is 0 Å². The maximum absolute atomic E-state index is 6.36. The van der Waals surface area contributed by atoms with E-state index in [2.05, 4.69) is 18.7 Å². The molecule has 0 saturated heterocycles. The molecule has 4 heteroatoms. The van der Waals surface area contributed by atoms with E-state index in [0.29, 0.717) is 18.5 Å². The Morgan fingerprint density at radius 2 is 2.00 bits per heavy atom. The van der Waals surface area contributed by atoms with Crippen molar-refractivity contribution in [2.45, 2.75) is 45.2 Å². The number of nitrogens with two attached hydrogens (primary N) is 1. The second kappa shape index (κ2) is 7.13. The molecule has 2 nitrogen and oxygen atoms in total. The van der Waals surface area contributed by atoms with E-state index in [1.54, 1.807) is 0 Å². The SMILES string of the molecule is CC(C)CCN(C1CC1)C(CN)c1cc(Cl)ccc1Cl. The van der Waals surface area contributed by atoms with Gasteiger partial charge in [-0.25, -0.2) is 0 Å². The highest BCUT2D eigenvalue weighted by atomic mass is 35.5. The molecule has 0 bridgehead atoms. The summed E-state index contributed by atoms with van der Waals surface area (Å²) in [6.45, 7) is 6.17. The molecule has 112 valence electrons. The van der Waals surface area contributed by atoms with E-state index in [-0.39, 0.29) is 6.04 Å². The first kappa shape index (κ1) is 16.1. The normalized spacial score (nSPS) is 16.9. The Bertz CT molecular complexity index is 444. The first-order chi connectivity index (χ1) is 9.52. The number of halogens is 2. The molecule has 0 amide bonds. The van der Waals surface area contributed by atoms with Gasteiger partial charge in [0, 0.05) is 28.7 Å². The second-order valence-corrected chi connectivity index (χ2v) is 6.91. The van der Waals surface area contributed by atoms with Gasteiger partial charge < -0.3 is 5.73 Å². The number of nitrogens with zero attached hydrogens (tertiary/aromatic N) is 1. The minimum Gasteiger partial charge on any atom is -0.329 e. The van der Waals surface area contributed by atoms with Crippen molar-refractivity contribution in [1.29, 1.82) is 0 Å². The highest BCUT2D eigenvalue weighted by molar-refractivity contribution is 6.33. The fourth-order valence-electron chi connectivity index (χ4n) is 2.62. The third kappa shape index (κ3) is 4.11. The van der Waals surface area contributed by atoms with Crippen LogP contribution in [-0.4, -0.2) is 24.0 Å². The van der Waals surface area contributed by atoms with Crippen LogP contribution in [0.2, 0.25) is 10.0 Å². The van der Waals surface area contributed by atoms with Crippen molar-refractivity contribution in [3.63, 3.8) is 0 Å². The summed E-state index contributed by atoms with van der Waals surface area (Å²) < 4.78 is 0. The molecule has 2 rings (SSSR count). The summed E-state index contributed by atoms with van der Waals surface area (Å²) >= 11 is 12.5. The van der Waals surface area contributed by atoms with Gasteiger partial charge in [0.2, 0.25) is 0 Å². The van der Waals surface area contributed by atoms with Crippen LogP contribution in [0, 0.1) is 5.92 Å². The standard InChI is InChI=1S/C16H24Cl2N2/c1-11(2)7-8-20(13-4-5-13)16(10-19)14-9-12(17)3-6-15(14)18/h3,6,9,11,13,16H,4-5,7-8,10,19H2,1-2H3. The molecule has 1 aromatic rings. The highest BCUT2D eigenvalue weighted by Crippen LogP contribution is 2.37. The molecule has 20 heavy (non-hydrogen) atoms. The Morgan fingerprint density at radius 1 is 1.30 bits per heavy atom. The lowest BCUT2D eigenvalue weighted by atomic mass is 10.0. The smallest absolute Gasteiger partial charge is 0.0488 e. The van der Waals surface area contributed by atoms with Crippen molar-refractivity contribution in [2.24, 2.45) is 11.7 Å². The number of rotatable bonds is 7. The molecular weight excluding hydrogens is 291 g/mol. The zero-order valence-electron chi connectivity index (χ0n) is 12.3. The predicted octanol–water partition coefficient (Wildman–Crippen LogP) is 4.50. The van der Waals surface area contributed by atoms with Gasteiger partial charge in [0.1, 0.15) is 0 Å². The van der Waals surface area contributed by atoms with Crippen LogP contribution in [0.3, 0.4) is 0 Å². The van der Waals surface area contributed by atoms with E-state index in [1.165, 1.54) is 19.3 Å². The van der Waals surface area contributed by atoms with Gasteiger partial charge in [-0.15, -0.1) is 0 Å². The molecule has 2 N–H and O–H groups in total. The molecule has 0 aromatic heterocycles. The Morgan fingerprint density at radius 3 is 2.55 bits per heavy atom. The average molecular weight is 315 g/mol. The fourth-order valence-corrected chi connectivity index (χ4v) is 3.04. The molecule has 1 unspecified atom stereocenters. The first-order valence-electron chi connectivity index (χ1n) is 7.43. The van der Waals surface area contributed by atoms with Gasteiger partial charge in [-0.1, -0.05) is 37.0 Å². The van der Waals surface area contributed by atoms with E-state index in [1.807, 2.05) is 18.2 Å². The van der Waals surface area contributed by atoms with E-state index < -0.39 is 0 Å². The molecule has 1 aromatic carbocycles. The van der Waals surface area contributed by atoms with Gasteiger partial charge in [-0.05, 0) is 55.5 Å². The lowest BCUT2D eigenvalue weighted by Gasteiger charge is -2.32. The lowest BCUT2D eigenvalue weighted by Crippen LogP contribution is -2.37. The summed E-state index contributed by atoms with van der Waals surface area (Å²) in [5, 5.41) is 1.49. The first-order valence-corrected chi connectivity index (χ1v) is 8.19. The maximum atomic E-state index is 6.36. The molecule has 1 atom stereocenters. The summed E-state index contributed by atoms with van der Waals surface area (Å²) in [7, 11) is 0. The Kier molecular flexibility index (Phi) is 5.74. The molecule has 1 aliphatic rings. The van der Waals surface area contributed by atoms with Gasteiger partial charge >= 0.3 is 0 Å². The third-order valence-corrected chi connectivity index (χ3v) is 4.50. The van der Waals surface area contributed by atoms with Crippen LogP contribution < -0.4 is 5.73 Å². The Balaban J connectivity index is 2.21. The topological polar surface area (TPSA) is 29.3 Å². The van der Waals surface area contributed by atoms with Gasteiger partial charge in [0.25, 0.3) is 0 Å². The van der Waals surface area contributed by atoms with Crippen LogP contribution in [0.5, 0.6) is 0 Å².